The zero-order valence-corrected chi connectivity index (χ0v) is 8.34. The summed E-state index contributed by atoms with van der Waals surface area (Å²) in [5, 5.41) is 18.1. The molecule has 0 aromatic heterocycles. The van der Waals surface area contributed by atoms with Crippen molar-refractivity contribution >= 4 is 24.4 Å². The Labute approximate surface area is 89.8 Å². The highest BCUT2D eigenvalue weighted by molar-refractivity contribution is 5.90. The lowest BCUT2D eigenvalue weighted by Gasteiger charge is -2.20. The summed E-state index contributed by atoms with van der Waals surface area (Å²) in [6.07, 6.45) is -1.96. The molecule has 0 fully saturated rings. The van der Waals surface area contributed by atoms with Crippen LogP contribution in [-0.2, 0) is 28.7 Å². The maximum atomic E-state index is 10.8. The van der Waals surface area contributed by atoms with Crippen molar-refractivity contribution in [1.29, 1.82) is 0 Å². The fourth-order valence-corrected chi connectivity index (χ4v) is 0.859. The van der Waals surface area contributed by atoms with Crippen LogP contribution in [0.3, 0.4) is 0 Å². The Morgan fingerprint density at radius 3 is 2.12 bits per heavy atom. The summed E-state index contributed by atoms with van der Waals surface area (Å²) in [6, 6.07) is 0. The predicted octanol–water partition coefficient (Wildman–Crippen LogP) is -1.55. The van der Waals surface area contributed by atoms with Crippen LogP contribution >= 0.6 is 0 Å². The van der Waals surface area contributed by atoms with Crippen molar-refractivity contribution in [1.82, 2.24) is 0 Å². The summed E-state index contributed by atoms with van der Waals surface area (Å²) in [7, 11) is 0.994. The molecule has 8 heteroatoms. The SMILES string of the molecule is COC(=O)CC(O)(CC(=O)OC=O)C(=O)O. The monoisotopic (exact) mass is 234 g/mol. The van der Waals surface area contributed by atoms with E-state index in [0.717, 1.165) is 7.11 Å². The van der Waals surface area contributed by atoms with E-state index < -0.39 is 36.4 Å². The van der Waals surface area contributed by atoms with E-state index in [4.69, 9.17) is 5.11 Å². The van der Waals surface area contributed by atoms with Crippen LogP contribution in [0.4, 0.5) is 0 Å². The molecule has 0 amide bonds. The molecule has 2 N–H and O–H groups in total. The molecular formula is C8H10O8. The zero-order valence-electron chi connectivity index (χ0n) is 8.34. The second-order valence-corrected chi connectivity index (χ2v) is 2.85. The minimum Gasteiger partial charge on any atom is -0.479 e. The van der Waals surface area contributed by atoms with E-state index in [2.05, 4.69) is 9.47 Å². The first-order chi connectivity index (χ1) is 7.35. The fourth-order valence-electron chi connectivity index (χ4n) is 0.859. The number of carboxylic acids is 1. The van der Waals surface area contributed by atoms with Crippen molar-refractivity contribution in [2.24, 2.45) is 0 Å². The van der Waals surface area contributed by atoms with E-state index in [1.807, 2.05) is 0 Å². The molecule has 8 nitrogen and oxygen atoms in total. The Bertz CT molecular complexity index is 309. The fraction of sp³-hybridized carbons (Fsp3) is 0.500. The van der Waals surface area contributed by atoms with Gasteiger partial charge in [0.25, 0.3) is 0 Å². The smallest absolute Gasteiger partial charge is 0.336 e. The van der Waals surface area contributed by atoms with Gasteiger partial charge in [-0.2, -0.15) is 0 Å². The molecule has 0 saturated carbocycles. The Hall–Kier alpha value is -1.96. The molecule has 1 unspecified atom stereocenters. The first-order valence-corrected chi connectivity index (χ1v) is 4.01. The first kappa shape index (κ1) is 14.0. The molecule has 0 aliphatic rings. The number of rotatable bonds is 6. The molecule has 0 aromatic carbocycles. The molecule has 0 bridgehead atoms. The van der Waals surface area contributed by atoms with Crippen LogP contribution in [0.25, 0.3) is 0 Å². The van der Waals surface area contributed by atoms with E-state index in [0.29, 0.717) is 0 Å². The minimum atomic E-state index is -2.65. The van der Waals surface area contributed by atoms with Gasteiger partial charge in [0.05, 0.1) is 20.0 Å². The van der Waals surface area contributed by atoms with Crippen LogP contribution in [-0.4, -0.2) is 47.3 Å². The number of carboxylic acid groups (broad SMARTS) is 1. The number of carbonyl (C=O) groups is 4. The third-order valence-electron chi connectivity index (χ3n) is 1.68. The molecule has 0 rings (SSSR count). The van der Waals surface area contributed by atoms with Gasteiger partial charge in [0.1, 0.15) is 0 Å². The van der Waals surface area contributed by atoms with Crippen molar-refractivity contribution in [3.8, 4) is 0 Å². The van der Waals surface area contributed by atoms with Gasteiger partial charge in [0.2, 0.25) is 0 Å². The van der Waals surface area contributed by atoms with Gasteiger partial charge in [-0.1, -0.05) is 0 Å². The van der Waals surface area contributed by atoms with E-state index >= 15 is 0 Å². The zero-order chi connectivity index (χ0) is 12.8. The molecule has 0 aromatic rings. The number of methoxy groups -OCH3 is 1. The quantitative estimate of drug-likeness (QED) is 0.321. The number of hydrogen-bond acceptors (Lipinski definition) is 7. The number of ether oxygens (including phenoxy) is 2. The maximum absolute atomic E-state index is 10.8. The molecule has 16 heavy (non-hydrogen) atoms. The molecule has 0 saturated heterocycles. The van der Waals surface area contributed by atoms with Crippen LogP contribution in [0, 0.1) is 0 Å². The summed E-state index contributed by atoms with van der Waals surface area (Å²) in [4.78, 5) is 42.1. The maximum Gasteiger partial charge on any atom is 0.336 e. The largest absolute Gasteiger partial charge is 0.479 e. The summed E-state index contributed by atoms with van der Waals surface area (Å²) in [6.45, 7) is -0.206. The molecule has 0 spiro atoms. The van der Waals surface area contributed by atoms with Crippen molar-refractivity contribution < 1.29 is 38.9 Å². The Morgan fingerprint density at radius 2 is 1.75 bits per heavy atom. The number of aliphatic hydroxyl groups is 1. The van der Waals surface area contributed by atoms with Crippen LogP contribution in [0.2, 0.25) is 0 Å². The van der Waals surface area contributed by atoms with Crippen molar-refractivity contribution in [2.45, 2.75) is 18.4 Å². The summed E-state index contributed by atoms with van der Waals surface area (Å²) >= 11 is 0. The molecule has 1 atom stereocenters. The molecule has 0 aliphatic heterocycles. The van der Waals surface area contributed by atoms with E-state index in [1.165, 1.54) is 0 Å². The molecular weight excluding hydrogens is 224 g/mol. The minimum absolute atomic E-state index is 0.206. The van der Waals surface area contributed by atoms with Gasteiger partial charge in [-0.15, -0.1) is 0 Å². The van der Waals surface area contributed by atoms with Gasteiger partial charge >= 0.3 is 24.4 Å². The van der Waals surface area contributed by atoms with E-state index in [9.17, 15) is 24.3 Å². The number of carbonyl (C=O) groups excluding carboxylic acids is 3. The lowest BCUT2D eigenvalue weighted by molar-refractivity contribution is -0.173. The Balaban J connectivity index is 4.69. The van der Waals surface area contributed by atoms with Gasteiger partial charge in [-0.3, -0.25) is 14.4 Å². The molecule has 0 aliphatic carbocycles. The van der Waals surface area contributed by atoms with Gasteiger partial charge in [0, 0.05) is 0 Å². The summed E-state index contributed by atoms with van der Waals surface area (Å²) in [5.74, 6) is -4.06. The highest BCUT2D eigenvalue weighted by Gasteiger charge is 2.41. The van der Waals surface area contributed by atoms with E-state index in [-0.39, 0.29) is 6.47 Å². The Morgan fingerprint density at radius 1 is 1.25 bits per heavy atom. The third-order valence-corrected chi connectivity index (χ3v) is 1.68. The average molecular weight is 234 g/mol. The lowest BCUT2D eigenvalue weighted by atomic mass is 9.96. The lowest BCUT2D eigenvalue weighted by Crippen LogP contribution is -2.43. The van der Waals surface area contributed by atoms with Crippen LogP contribution < -0.4 is 0 Å². The molecule has 90 valence electrons. The van der Waals surface area contributed by atoms with Crippen molar-refractivity contribution in [2.75, 3.05) is 7.11 Å². The topological polar surface area (TPSA) is 127 Å². The third kappa shape index (κ3) is 4.05. The molecule has 0 heterocycles. The van der Waals surface area contributed by atoms with Crippen molar-refractivity contribution in [3.05, 3.63) is 0 Å². The van der Waals surface area contributed by atoms with Crippen LogP contribution in [0.1, 0.15) is 12.8 Å². The van der Waals surface area contributed by atoms with Crippen LogP contribution in [0.15, 0.2) is 0 Å². The summed E-state index contributed by atoms with van der Waals surface area (Å²) < 4.78 is 7.96. The van der Waals surface area contributed by atoms with Crippen molar-refractivity contribution in [3.63, 3.8) is 0 Å². The van der Waals surface area contributed by atoms with Crippen LogP contribution in [0.5, 0.6) is 0 Å². The first-order valence-electron chi connectivity index (χ1n) is 4.01. The van der Waals surface area contributed by atoms with Gasteiger partial charge in [-0.25, -0.2) is 4.79 Å². The predicted molar refractivity (Wildman–Crippen MR) is 46.0 cm³/mol. The highest BCUT2D eigenvalue weighted by atomic mass is 16.6. The molecule has 0 radical (unpaired) electrons. The Kier molecular flexibility index (Phi) is 5.10. The second-order valence-electron chi connectivity index (χ2n) is 2.85. The van der Waals surface area contributed by atoms with Gasteiger partial charge in [0.15, 0.2) is 5.60 Å². The number of aliphatic carboxylic acids is 1. The normalized spacial score (nSPS) is 13.4. The average Bonchev–Trinajstić information content (AvgIpc) is 2.17. The number of esters is 2. The van der Waals surface area contributed by atoms with E-state index in [1.54, 1.807) is 0 Å². The highest BCUT2D eigenvalue weighted by Crippen LogP contribution is 2.17. The van der Waals surface area contributed by atoms with Gasteiger partial charge in [-0.05, 0) is 0 Å². The summed E-state index contributed by atoms with van der Waals surface area (Å²) in [5.41, 5.74) is -2.65. The number of hydrogen-bond donors (Lipinski definition) is 2. The van der Waals surface area contributed by atoms with Gasteiger partial charge < -0.3 is 19.7 Å². The standard InChI is InChI=1S/C8H10O8/c1-15-5(10)2-8(14,7(12)13)3-6(11)16-4-9/h4,14H,2-3H2,1H3,(H,12,13). The second kappa shape index (κ2) is 5.81.